The maximum atomic E-state index is 8.66. The molecular weight excluding hydrogens is 256 g/mol. The molecule has 0 aromatic heterocycles. The van der Waals surface area contributed by atoms with Crippen LogP contribution in [0, 0.1) is 0 Å². The van der Waals surface area contributed by atoms with Crippen molar-refractivity contribution in [3.63, 3.8) is 0 Å². The SMILES string of the molecule is O=P([O-])([O-])O.O=P([O-])([O-])O.[Al+3].[K+]. The van der Waals surface area contributed by atoms with Crippen molar-refractivity contribution in [1.29, 1.82) is 0 Å². The molecule has 8 nitrogen and oxygen atoms in total. The van der Waals surface area contributed by atoms with Gasteiger partial charge in [0.05, 0.1) is 15.6 Å². The van der Waals surface area contributed by atoms with E-state index in [9.17, 15) is 0 Å². The molecule has 0 aliphatic carbocycles. The zero-order valence-electron chi connectivity index (χ0n) is 5.82. The van der Waals surface area contributed by atoms with E-state index in [2.05, 4.69) is 0 Å². The molecule has 0 saturated carbocycles. The zero-order valence-corrected chi connectivity index (χ0v) is 11.9. The van der Waals surface area contributed by atoms with Gasteiger partial charge in [-0.05, 0) is 0 Å². The first kappa shape index (κ1) is 23.9. The quantitative estimate of drug-likeness (QED) is 0.319. The Balaban J connectivity index is -0.0000000457. The van der Waals surface area contributed by atoms with Crippen LogP contribution in [0.2, 0.25) is 0 Å². The molecule has 0 heterocycles. The first-order chi connectivity index (χ1) is 4.00. The van der Waals surface area contributed by atoms with Crippen LogP contribution < -0.4 is 71.0 Å². The first-order valence-electron chi connectivity index (χ1n) is 1.50. The molecule has 0 aliphatic rings. The standard InChI is InChI=1S/Al.K.2H3O4P/c;;2*1-5(2,3)4/h;;2*(H3,1,2,3,4)/q+3;+1;;/p-4. The van der Waals surface area contributed by atoms with Crippen LogP contribution in [0.5, 0.6) is 0 Å². The van der Waals surface area contributed by atoms with Gasteiger partial charge >= 0.3 is 68.7 Å². The molecule has 0 aromatic carbocycles. The summed E-state index contributed by atoms with van der Waals surface area (Å²) < 4.78 is 17.3. The minimum Gasteiger partial charge on any atom is -0.790 e. The Morgan fingerprint density at radius 2 is 0.833 bits per heavy atom. The molecular formula is H2AlKO8P2. The Morgan fingerprint density at radius 1 is 0.833 bits per heavy atom. The van der Waals surface area contributed by atoms with Crippen LogP contribution in [0.1, 0.15) is 0 Å². The van der Waals surface area contributed by atoms with E-state index in [1.54, 1.807) is 0 Å². The summed E-state index contributed by atoms with van der Waals surface area (Å²) in [6.45, 7) is 0. The molecule has 12 heteroatoms. The van der Waals surface area contributed by atoms with Crippen LogP contribution >= 0.6 is 15.6 Å². The molecule has 0 aliphatic heterocycles. The molecule has 0 unspecified atom stereocenters. The van der Waals surface area contributed by atoms with Gasteiger partial charge in [-0.25, -0.2) is 0 Å². The van der Waals surface area contributed by atoms with Crippen LogP contribution in [-0.4, -0.2) is 27.1 Å². The molecule has 0 bridgehead atoms. The molecule has 0 amide bonds. The molecule has 0 rings (SSSR count). The molecule has 2 N–H and O–H groups in total. The van der Waals surface area contributed by atoms with E-state index >= 15 is 0 Å². The molecule has 0 aromatic rings. The van der Waals surface area contributed by atoms with Crippen molar-refractivity contribution < 1.29 is 89.9 Å². The predicted molar refractivity (Wildman–Crippen MR) is 25.4 cm³/mol. The minimum atomic E-state index is -5.14. The van der Waals surface area contributed by atoms with Gasteiger partial charge in [-0.3, -0.25) is 0 Å². The fraction of sp³-hybridized carbons (Fsp3) is 0. The fourth-order valence-electron chi connectivity index (χ4n) is 0. The van der Waals surface area contributed by atoms with Gasteiger partial charge in [0.25, 0.3) is 0 Å². The van der Waals surface area contributed by atoms with Crippen molar-refractivity contribution in [2.45, 2.75) is 0 Å². The maximum Gasteiger partial charge on any atom is 3.00 e. The summed E-state index contributed by atoms with van der Waals surface area (Å²) >= 11 is 0. The summed E-state index contributed by atoms with van der Waals surface area (Å²) in [4.78, 5) is 48.6. The Labute approximate surface area is 121 Å². The Bertz CT molecular complexity index is 129. The van der Waals surface area contributed by atoms with Crippen molar-refractivity contribution in [2.75, 3.05) is 0 Å². The third-order valence-corrected chi connectivity index (χ3v) is 0. The number of hydrogen-bond acceptors (Lipinski definition) is 6. The summed E-state index contributed by atoms with van der Waals surface area (Å²) in [6.07, 6.45) is 0. The van der Waals surface area contributed by atoms with Crippen molar-refractivity contribution in [1.82, 2.24) is 0 Å². The van der Waals surface area contributed by atoms with Crippen molar-refractivity contribution in [2.24, 2.45) is 0 Å². The molecule has 64 valence electrons. The van der Waals surface area contributed by atoms with Crippen LogP contribution in [0.15, 0.2) is 0 Å². The van der Waals surface area contributed by atoms with Gasteiger partial charge in [0.2, 0.25) is 0 Å². The summed E-state index contributed by atoms with van der Waals surface area (Å²) in [5, 5.41) is 0. The van der Waals surface area contributed by atoms with E-state index in [0.717, 1.165) is 0 Å². The van der Waals surface area contributed by atoms with E-state index in [-0.39, 0.29) is 68.7 Å². The van der Waals surface area contributed by atoms with Gasteiger partial charge < -0.3 is 38.5 Å². The average molecular weight is 258 g/mol. The van der Waals surface area contributed by atoms with Crippen molar-refractivity contribution in [3.05, 3.63) is 0 Å². The van der Waals surface area contributed by atoms with Gasteiger partial charge in [0.15, 0.2) is 0 Å². The zero-order chi connectivity index (χ0) is 9.00. The van der Waals surface area contributed by atoms with E-state index in [1.807, 2.05) is 0 Å². The predicted octanol–water partition coefficient (Wildman–Crippen LogP) is -7.76. The maximum absolute atomic E-state index is 8.66. The van der Waals surface area contributed by atoms with Gasteiger partial charge in [-0.1, -0.05) is 0 Å². The smallest absolute Gasteiger partial charge is 0.790 e. The summed E-state index contributed by atoms with van der Waals surface area (Å²) in [7, 11) is -10.3. The molecule has 0 fully saturated rings. The Kier molecular flexibility index (Phi) is 19.8. The third-order valence-electron chi connectivity index (χ3n) is 0. The van der Waals surface area contributed by atoms with E-state index in [1.165, 1.54) is 0 Å². The fourth-order valence-corrected chi connectivity index (χ4v) is 0. The number of phosphoric acid groups is 2. The average Bonchev–Trinajstić information content (AvgIpc) is 1.12. The minimum absolute atomic E-state index is 0. The molecule has 0 radical (unpaired) electrons. The van der Waals surface area contributed by atoms with Crippen molar-refractivity contribution >= 4 is 33.0 Å². The van der Waals surface area contributed by atoms with Gasteiger partial charge in [0.1, 0.15) is 0 Å². The van der Waals surface area contributed by atoms with Gasteiger partial charge in [-0.15, -0.1) is 0 Å². The van der Waals surface area contributed by atoms with Gasteiger partial charge in [-0.2, -0.15) is 0 Å². The van der Waals surface area contributed by atoms with Crippen molar-refractivity contribution in [3.8, 4) is 0 Å². The second-order valence-corrected chi connectivity index (χ2v) is 2.81. The number of hydrogen-bond donors (Lipinski definition) is 2. The third kappa shape index (κ3) is 282. The molecule has 12 heavy (non-hydrogen) atoms. The van der Waals surface area contributed by atoms with E-state index in [0.29, 0.717) is 0 Å². The number of rotatable bonds is 0. The van der Waals surface area contributed by atoms with Crippen LogP contribution in [-0.2, 0) is 9.13 Å². The summed E-state index contributed by atoms with van der Waals surface area (Å²) in [5.41, 5.74) is 0. The Morgan fingerprint density at radius 3 is 0.833 bits per heavy atom. The van der Waals surface area contributed by atoms with Crippen LogP contribution in [0.3, 0.4) is 0 Å². The monoisotopic (exact) mass is 258 g/mol. The molecule has 0 saturated heterocycles. The second kappa shape index (κ2) is 9.93. The molecule has 0 atom stereocenters. The van der Waals surface area contributed by atoms with Crippen LogP contribution in [0.25, 0.3) is 0 Å². The largest absolute Gasteiger partial charge is 3.00 e. The topological polar surface area (TPSA) is 167 Å². The van der Waals surface area contributed by atoms with E-state index in [4.69, 9.17) is 38.5 Å². The molecule has 0 spiro atoms. The Hall–Kier alpha value is 2.39. The summed E-state index contributed by atoms with van der Waals surface area (Å²) in [5.74, 6) is 0. The van der Waals surface area contributed by atoms with E-state index < -0.39 is 15.6 Å². The summed E-state index contributed by atoms with van der Waals surface area (Å²) in [6, 6.07) is 0. The van der Waals surface area contributed by atoms with Gasteiger partial charge in [0, 0.05) is 0 Å². The first-order valence-corrected chi connectivity index (χ1v) is 4.49. The van der Waals surface area contributed by atoms with Crippen LogP contribution in [0.4, 0.5) is 0 Å². The second-order valence-electron chi connectivity index (χ2n) is 0.937. The normalized spacial score (nSPS) is 9.83.